The lowest BCUT2D eigenvalue weighted by Crippen LogP contribution is -2.36. The molecule has 0 N–H and O–H groups in total. The Balaban J connectivity index is 1.93. The third-order valence-electron chi connectivity index (χ3n) is 2.95. The second-order valence-corrected chi connectivity index (χ2v) is 5.72. The van der Waals surface area contributed by atoms with E-state index in [1.165, 1.54) is 10.9 Å². The van der Waals surface area contributed by atoms with Crippen molar-refractivity contribution in [3.05, 3.63) is 18.7 Å². The smallest absolute Gasteiger partial charge is 0.410 e. The van der Waals surface area contributed by atoms with E-state index in [2.05, 4.69) is 4.98 Å². The minimum absolute atomic E-state index is 0.0245. The Morgan fingerprint density at radius 3 is 2.68 bits per heavy atom. The first-order valence-electron chi connectivity index (χ1n) is 6.37. The molecule has 0 spiro atoms. The van der Waals surface area contributed by atoms with Gasteiger partial charge < -0.3 is 9.64 Å². The molecule has 1 aromatic heterocycles. The van der Waals surface area contributed by atoms with Gasteiger partial charge in [0.05, 0.1) is 5.92 Å². The summed E-state index contributed by atoms with van der Waals surface area (Å²) in [6.45, 7) is 6.45. The lowest BCUT2D eigenvalue weighted by molar-refractivity contribution is 0.0288. The molecule has 2 rings (SSSR count). The normalized spacial score (nSPS) is 19.5. The average molecular weight is 265 g/mol. The highest BCUT2D eigenvalue weighted by molar-refractivity contribution is 5.82. The maximum absolute atomic E-state index is 12.1. The van der Waals surface area contributed by atoms with Crippen molar-refractivity contribution in [2.75, 3.05) is 13.1 Å². The molecule has 1 aliphatic heterocycles. The van der Waals surface area contributed by atoms with Gasteiger partial charge in [-0.05, 0) is 27.2 Å². The van der Waals surface area contributed by atoms with E-state index in [4.69, 9.17) is 4.74 Å². The third kappa shape index (κ3) is 3.33. The molecule has 1 aliphatic rings. The van der Waals surface area contributed by atoms with Crippen LogP contribution in [0.2, 0.25) is 0 Å². The van der Waals surface area contributed by atoms with E-state index in [0.29, 0.717) is 19.5 Å². The van der Waals surface area contributed by atoms with E-state index in [0.717, 1.165) is 0 Å². The molecule has 6 nitrogen and oxygen atoms in total. The SMILES string of the molecule is CC(C)(C)OC(=O)N1CCC(C(=O)n2ccnc2)C1. The molecule has 1 atom stereocenters. The van der Waals surface area contributed by atoms with Gasteiger partial charge in [0.25, 0.3) is 0 Å². The Morgan fingerprint density at radius 1 is 1.37 bits per heavy atom. The van der Waals surface area contributed by atoms with Crippen molar-refractivity contribution in [3.63, 3.8) is 0 Å². The van der Waals surface area contributed by atoms with E-state index >= 15 is 0 Å². The molecule has 19 heavy (non-hydrogen) atoms. The Morgan fingerprint density at radius 2 is 2.11 bits per heavy atom. The summed E-state index contributed by atoms with van der Waals surface area (Å²) >= 11 is 0. The van der Waals surface area contributed by atoms with E-state index in [-0.39, 0.29) is 17.9 Å². The summed E-state index contributed by atoms with van der Waals surface area (Å²) in [4.78, 5) is 29.4. The number of imidazole rings is 1. The number of ether oxygens (including phenoxy) is 1. The number of rotatable bonds is 1. The third-order valence-corrected chi connectivity index (χ3v) is 2.95. The Labute approximate surface area is 112 Å². The van der Waals surface area contributed by atoms with Crippen molar-refractivity contribution in [2.45, 2.75) is 32.8 Å². The summed E-state index contributed by atoms with van der Waals surface area (Å²) in [7, 11) is 0. The number of hydrogen-bond acceptors (Lipinski definition) is 4. The minimum Gasteiger partial charge on any atom is -0.444 e. The number of carbonyl (C=O) groups excluding carboxylic acids is 2. The zero-order chi connectivity index (χ0) is 14.0. The second kappa shape index (κ2) is 5.03. The molecular weight excluding hydrogens is 246 g/mol. The fourth-order valence-electron chi connectivity index (χ4n) is 2.05. The van der Waals surface area contributed by atoms with Gasteiger partial charge in [-0.3, -0.25) is 9.36 Å². The van der Waals surface area contributed by atoms with Gasteiger partial charge in [-0.1, -0.05) is 0 Å². The number of likely N-dealkylation sites (tertiary alicyclic amines) is 1. The van der Waals surface area contributed by atoms with Gasteiger partial charge in [-0.15, -0.1) is 0 Å². The molecule has 2 heterocycles. The van der Waals surface area contributed by atoms with Gasteiger partial charge in [-0.25, -0.2) is 9.78 Å². The van der Waals surface area contributed by atoms with Crippen molar-refractivity contribution in [3.8, 4) is 0 Å². The molecule has 1 unspecified atom stereocenters. The molecule has 6 heteroatoms. The fraction of sp³-hybridized carbons (Fsp3) is 0.615. The molecular formula is C13H19N3O3. The maximum Gasteiger partial charge on any atom is 0.410 e. The summed E-state index contributed by atoms with van der Waals surface area (Å²) in [5, 5.41) is 0. The molecule has 1 aromatic rings. The van der Waals surface area contributed by atoms with Gasteiger partial charge in [0, 0.05) is 25.5 Å². The fourth-order valence-corrected chi connectivity index (χ4v) is 2.05. The van der Waals surface area contributed by atoms with E-state index in [1.54, 1.807) is 17.3 Å². The van der Waals surface area contributed by atoms with Crippen molar-refractivity contribution in [1.29, 1.82) is 0 Å². The Hall–Kier alpha value is -1.85. The lowest BCUT2D eigenvalue weighted by Gasteiger charge is -2.24. The molecule has 0 aromatic carbocycles. The molecule has 0 bridgehead atoms. The molecule has 1 fully saturated rings. The second-order valence-electron chi connectivity index (χ2n) is 5.72. The predicted octanol–water partition coefficient (Wildman–Crippen LogP) is 1.78. The highest BCUT2D eigenvalue weighted by atomic mass is 16.6. The van der Waals surface area contributed by atoms with Crippen LogP contribution in [0.3, 0.4) is 0 Å². The largest absolute Gasteiger partial charge is 0.444 e. The molecule has 1 saturated heterocycles. The van der Waals surface area contributed by atoms with Crippen LogP contribution in [0.1, 0.15) is 32.0 Å². The van der Waals surface area contributed by atoms with Crippen molar-refractivity contribution in [2.24, 2.45) is 5.92 Å². The number of nitrogens with zero attached hydrogens (tertiary/aromatic N) is 3. The van der Waals surface area contributed by atoms with Crippen LogP contribution in [0.15, 0.2) is 18.7 Å². The molecule has 0 radical (unpaired) electrons. The zero-order valence-electron chi connectivity index (χ0n) is 11.5. The summed E-state index contributed by atoms with van der Waals surface area (Å²) < 4.78 is 6.76. The molecule has 1 amide bonds. The lowest BCUT2D eigenvalue weighted by atomic mass is 10.1. The first-order valence-corrected chi connectivity index (χ1v) is 6.37. The van der Waals surface area contributed by atoms with E-state index < -0.39 is 5.60 Å². The van der Waals surface area contributed by atoms with Crippen LogP contribution < -0.4 is 0 Å². The first kappa shape index (κ1) is 13.6. The van der Waals surface area contributed by atoms with Crippen LogP contribution in [0, 0.1) is 5.92 Å². The van der Waals surface area contributed by atoms with E-state index in [9.17, 15) is 9.59 Å². The van der Waals surface area contributed by atoms with Gasteiger partial charge in [0.1, 0.15) is 11.9 Å². The standard InChI is InChI=1S/C13H19N3O3/c1-13(2,3)19-12(18)15-6-4-10(8-15)11(17)16-7-5-14-9-16/h5,7,9-10H,4,6,8H2,1-3H3. The van der Waals surface area contributed by atoms with Crippen LogP contribution in [0.4, 0.5) is 4.79 Å². The van der Waals surface area contributed by atoms with Gasteiger partial charge in [-0.2, -0.15) is 0 Å². The molecule has 0 saturated carbocycles. The number of hydrogen-bond donors (Lipinski definition) is 0. The average Bonchev–Trinajstić information content (AvgIpc) is 2.98. The van der Waals surface area contributed by atoms with Crippen LogP contribution >= 0.6 is 0 Å². The summed E-state index contributed by atoms with van der Waals surface area (Å²) in [6.07, 6.45) is 4.99. The van der Waals surface area contributed by atoms with Crippen LogP contribution in [-0.2, 0) is 4.74 Å². The van der Waals surface area contributed by atoms with Crippen LogP contribution in [-0.4, -0.2) is 45.1 Å². The quantitative estimate of drug-likeness (QED) is 0.776. The van der Waals surface area contributed by atoms with Crippen LogP contribution in [0.25, 0.3) is 0 Å². The maximum atomic E-state index is 12.1. The van der Waals surface area contributed by atoms with Crippen molar-refractivity contribution < 1.29 is 14.3 Å². The summed E-state index contributed by atoms with van der Waals surface area (Å²) in [5.74, 6) is -0.203. The number of amides is 1. The highest BCUT2D eigenvalue weighted by Gasteiger charge is 2.33. The summed E-state index contributed by atoms with van der Waals surface area (Å²) in [6, 6.07) is 0. The number of carbonyl (C=O) groups is 2. The van der Waals surface area contributed by atoms with Gasteiger partial charge in [0.2, 0.25) is 5.91 Å². The number of aromatic nitrogens is 2. The predicted molar refractivity (Wildman–Crippen MR) is 68.8 cm³/mol. The highest BCUT2D eigenvalue weighted by Crippen LogP contribution is 2.20. The summed E-state index contributed by atoms with van der Waals surface area (Å²) in [5.41, 5.74) is -0.510. The van der Waals surface area contributed by atoms with Crippen molar-refractivity contribution >= 4 is 12.0 Å². The minimum atomic E-state index is -0.510. The zero-order valence-corrected chi connectivity index (χ0v) is 11.5. The van der Waals surface area contributed by atoms with Crippen LogP contribution in [0.5, 0.6) is 0 Å². The van der Waals surface area contributed by atoms with E-state index in [1.807, 2.05) is 20.8 Å². The monoisotopic (exact) mass is 265 g/mol. The first-order chi connectivity index (χ1) is 8.87. The Kier molecular flexibility index (Phi) is 3.59. The molecule has 104 valence electrons. The molecule has 0 aliphatic carbocycles. The van der Waals surface area contributed by atoms with Gasteiger partial charge in [0.15, 0.2) is 0 Å². The topological polar surface area (TPSA) is 64.4 Å². The Bertz CT molecular complexity index is 462. The van der Waals surface area contributed by atoms with Gasteiger partial charge >= 0.3 is 6.09 Å². The van der Waals surface area contributed by atoms with Crippen molar-refractivity contribution in [1.82, 2.24) is 14.5 Å².